The lowest BCUT2D eigenvalue weighted by molar-refractivity contribution is -0.134. The average Bonchev–Trinajstić information content (AvgIpc) is 3.03. The van der Waals surface area contributed by atoms with Crippen LogP contribution in [-0.4, -0.2) is 52.2 Å². The summed E-state index contributed by atoms with van der Waals surface area (Å²) in [5, 5.41) is 10.4. The highest BCUT2D eigenvalue weighted by molar-refractivity contribution is 5.88. The van der Waals surface area contributed by atoms with Gasteiger partial charge in [0.1, 0.15) is 5.75 Å². The minimum absolute atomic E-state index is 0.110. The number of nitrogens with zero attached hydrogens (tertiary/aromatic N) is 3. The summed E-state index contributed by atoms with van der Waals surface area (Å²) >= 11 is 0. The van der Waals surface area contributed by atoms with Crippen LogP contribution in [0, 0.1) is 13.8 Å². The van der Waals surface area contributed by atoms with Gasteiger partial charge in [0.05, 0.1) is 24.8 Å². The van der Waals surface area contributed by atoms with Crippen molar-refractivity contribution in [3.63, 3.8) is 0 Å². The zero-order valence-electron chi connectivity index (χ0n) is 18.9. The molecule has 1 unspecified atom stereocenters. The van der Waals surface area contributed by atoms with Gasteiger partial charge < -0.3 is 15.4 Å². The SMILES string of the molecule is CCOc1ccccc1CN1CCNC(=O)C1CC(=O)NCc1c(C)nn(CC)c1C. The molecule has 0 spiro atoms. The molecule has 2 N–H and O–H groups in total. The van der Waals surface area contributed by atoms with Gasteiger partial charge in [-0.3, -0.25) is 19.2 Å². The zero-order valence-corrected chi connectivity index (χ0v) is 18.9. The maximum atomic E-state index is 12.7. The Kier molecular flexibility index (Phi) is 7.68. The van der Waals surface area contributed by atoms with E-state index in [9.17, 15) is 9.59 Å². The Bertz CT molecular complexity index is 924. The van der Waals surface area contributed by atoms with Crippen molar-refractivity contribution in [3.8, 4) is 5.75 Å². The normalized spacial score (nSPS) is 16.8. The van der Waals surface area contributed by atoms with E-state index < -0.39 is 6.04 Å². The number of nitrogens with one attached hydrogen (secondary N) is 2. The van der Waals surface area contributed by atoms with Gasteiger partial charge in [-0.1, -0.05) is 18.2 Å². The highest BCUT2D eigenvalue weighted by atomic mass is 16.5. The summed E-state index contributed by atoms with van der Waals surface area (Å²) in [5.74, 6) is 0.563. The van der Waals surface area contributed by atoms with Gasteiger partial charge in [-0.25, -0.2) is 0 Å². The van der Waals surface area contributed by atoms with Gasteiger partial charge in [-0.15, -0.1) is 0 Å². The molecule has 1 fully saturated rings. The first-order valence-corrected chi connectivity index (χ1v) is 11.0. The first kappa shape index (κ1) is 22.8. The number of benzene rings is 1. The lowest BCUT2D eigenvalue weighted by Gasteiger charge is -2.35. The highest BCUT2D eigenvalue weighted by Crippen LogP contribution is 2.22. The standard InChI is InChI=1S/C23H33N5O3/c1-5-28-17(4)19(16(3)26-28)14-25-22(29)13-20-23(30)24-11-12-27(20)15-18-9-7-8-10-21(18)31-6-2/h7-10,20H,5-6,11-15H2,1-4H3,(H,24,30)(H,25,29). The van der Waals surface area contributed by atoms with Crippen LogP contribution in [0.15, 0.2) is 24.3 Å². The Morgan fingerprint density at radius 2 is 2.06 bits per heavy atom. The smallest absolute Gasteiger partial charge is 0.237 e. The van der Waals surface area contributed by atoms with Crippen LogP contribution in [-0.2, 0) is 29.2 Å². The number of hydrogen-bond donors (Lipinski definition) is 2. The zero-order chi connectivity index (χ0) is 22.4. The molecule has 2 aromatic rings. The fraction of sp³-hybridized carbons (Fsp3) is 0.522. The second kappa shape index (κ2) is 10.4. The molecule has 1 aliphatic rings. The monoisotopic (exact) mass is 427 g/mol. The van der Waals surface area contributed by atoms with E-state index in [-0.39, 0.29) is 18.2 Å². The van der Waals surface area contributed by atoms with Crippen LogP contribution < -0.4 is 15.4 Å². The van der Waals surface area contributed by atoms with Crippen LogP contribution in [0.2, 0.25) is 0 Å². The second-order valence-electron chi connectivity index (χ2n) is 7.76. The second-order valence-corrected chi connectivity index (χ2v) is 7.76. The highest BCUT2D eigenvalue weighted by Gasteiger charge is 2.32. The predicted molar refractivity (Wildman–Crippen MR) is 119 cm³/mol. The van der Waals surface area contributed by atoms with Gasteiger partial charge in [0.15, 0.2) is 0 Å². The van der Waals surface area contributed by atoms with Crippen LogP contribution in [0.4, 0.5) is 0 Å². The Morgan fingerprint density at radius 1 is 1.29 bits per heavy atom. The molecule has 0 saturated carbocycles. The minimum Gasteiger partial charge on any atom is -0.494 e. The molecule has 2 amide bonds. The number of aromatic nitrogens is 2. The van der Waals surface area contributed by atoms with Crippen molar-refractivity contribution in [2.24, 2.45) is 0 Å². The van der Waals surface area contributed by atoms with E-state index in [2.05, 4.69) is 20.6 Å². The number of rotatable bonds is 9. The maximum Gasteiger partial charge on any atom is 0.237 e. The van der Waals surface area contributed by atoms with Crippen molar-refractivity contribution in [1.82, 2.24) is 25.3 Å². The molecule has 1 aromatic carbocycles. The van der Waals surface area contributed by atoms with Crippen LogP contribution in [0.5, 0.6) is 5.75 Å². The van der Waals surface area contributed by atoms with E-state index in [4.69, 9.17) is 4.74 Å². The summed E-state index contributed by atoms with van der Waals surface area (Å²) in [6.45, 7) is 11.6. The van der Waals surface area contributed by atoms with Crippen LogP contribution >= 0.6 is 0 Å². The lowest BCUT2D eigenvalue weighted by Crippen LogP contribution is -2.56. The third-order valence-electron chi connectivity index (χ3n) is 5.76. The van der Waals surface area contributed by atoms with E-state index in [0.717, 1.165) is 34.8 Å². The van der Waals surface area contributed by atoms with Crippen LogP contribution in [0.25, 0.3) is 0 Å². The molecule has 1 aliphatic heterocycles. The van der Waals surface area contributed by atoms with E-state index in [0.29, 0.717) is 32.8 Å². The molecule has 2 heterocycles. The predicted octanol–water partition coefficient (Wildman–Crippen LogP) is 1.93. The van der Waals surface area contributed by atoms with Crippen molar-refractivity contribution in [2.75, 3.05) is 19.7 Å². The molecule has 1 saturated heterocycles. The molecule has 0 radical (unpaired) electrons. The van der Waals surface area contributed by atoms with Gasteiger partial charge in [-0.2, -0.15) is 5.10 Å². The van der Waals surface area contributed by atoms with E-state index in [1.807, 2.05) is 56.6 Å². The molecule has 168 valence electrons. The Balaban J connectivity index is 1.66. The number of hydrogen-bond acceptors (Lipinski definition) is 5. The summed E-state index contributed by atoms with van der Waals surface area (Å²) in [6, 6.07) is 7.33. The Labute approximate surface area is 183 Å². The summed E-state index contributed by atoms with van der Waals surface area (Å²) in [5.41, 5.74) is 4.03. The van der Waals surface area contributed by atoms with Crippen molar-refractivity contribution >= 4 is 11.8 Å². The molecule has 1 atom stereocenters. The average molecular weight is 428 g/mol. The summed E-state index contributed by atoms with van der Waals surface area (Å²) in [4.78, 5) is 27.4. The Hall–Kier alpha value is -2.87. The van der Waals surface area contributed by atoms with Crippen LogP contribution in [0.3, 0.4) is 0 Å². The largest absolute Gasteiger partial charge is 0.494 e. The third-order valence-corrected chi connectivity index (χ3v) is 5.76. The number of carbonyl (C=O) groups is 2. The van der Waals surface area contributed by atoms with Gasteiger partial charge in [-0.05, 0) is 33.8 Å². The number of ether oxygens (including phenoxy) is 1. The first-order valence-electron chi connectivity index (χ1n) is 11.0. The molecule has 0 bridgehead atoms. The number of para-hydroxylation sites is 1. The van der Waals surface area contributed by atoms with Gasteiger partial charge in [0, 0.05) is 49.5 Å². The maximum absolute atomic E-state index is 12.7. The quantitative estimate of drug-likeness (QED) is 0.638. The van der Waals surface area contributed by atoms with Gasteiger partial charge in [0.25, 0.3) is 0 Å². The third kappa shape index (κ3) is 5.44. The molecule has 1 aromatic heterocycles. The molecule has 31 heavy (non-hydrogen) atoms. The van der Waals surface area contributed by atoms with Crippen LogP contribution in [0.1, 0.15) is 42.8 Å². The molecule has 8 heteroatoms. The summed E-state index contributed by atoms with van der Waals surface area (Å²) in [7, 11) is 0. The molecular formula is C23H33N5O3. The summed E-state index contributed by atoms with van der Waals surface area (Å²) in [6.07, 6.45) is 0.114. The fourth-order valence-electron chi connectivity index (χ4n) is 4.06. The van der Waals surface area contributed by atoms with Gasteiger partial charge in [0.2, 0.25) is 11.8 Å². The fourth-order valence-corrected chi connectivity index (χ4v) is 4.06. The summed E-state index contributed by atoms with van der Waals surface area (Å²) < 4.78 is 7.66. The van der Waals surface area contributed by atoms with Crippen molar-refractivity contribution in [1.29, 1.82) is 0 Å². The lowest BCUT2D eigenvalue weighted by atomic mass is 10.1. The molecule has 8 nitrogen and oxygen atoms in total. The number of piperazine rings is 1. The number of amides is 2. The molecule has 0 aliphatic carbocycles. The minimum atomic E-state index is -0.510. The van der Waals surface area contributed by atoms with Crippen molar-refractivity contribution in [2.45, 2.75) is 59.8 Å². The molecule has 3 rings (SSSR count). The topological polar surface area (TPSA) is 88.5 Å². The van der Waals surface area contributed by atoms with E-state index in [1.165, 1.54) is 0 Å². The van der Waals surface area contributed by atoms with E-state index in [1.54, 1.807) is 0 Å². The van der Waals surface area contributed by atoms with Crippen molar-refractivity contribution < 1.29 is 14.3 Å². The molecular weight excluding hydrogens is 394 g/mol. The van der Waals surface area contributed by atoms with E-state index >= 15 is 0 Å². The number of carbonyl (C=O) groups excluding carboxylic acids is 2. The first-order chi connectivity index (χ1) is 14.9. The van der Waals surface area contributed by atoms with Crippen molar-refractivity contribution in [3.05, 3.63) is 46.8 Å². The Morgan fingerprint density at radius 3 is 2.77 bits per heavy atom. The van der Waals surface area contributed by atoms with Gasteiger partial charge >= 0.3 is 0 Å². The number of aryl methyl sites for hydroxylation is 2.